The molecule has 0 saturated carbocycles. The highest BCUT2D eigenvalue weighted by Gasteiger charge is 2.26. The van der Waals surface area contributed by atoms with Crippen LogP contribution >= 0.6 is 0 Å². The minimum absolute atomic E-state index is 0.875. The van der Waals surface area contributed by atoms with Crippen molar-refractivity contribution in [3.8, 4) is 28.1 Å². The molecule has 0 atom stereocenters. The lowest BCUT2D eigenvalue weighted by Gasteiger charge is -2.10. The Morgan fingerprint density at radius 3 is 2.09 bits per heavy atom. The van der Waals surface area contributed by atoms with Crippen LogP contribution in [-0.2, 0) is 0 Å². The molecule has 0 bridgehead atoms. The van der Waals surface area contributed by atoms with Gasteiger partial charge in [-0.2, -0.15) is 0 Å². The minimum Gasteiger partial charge on any atom is -0.454 e. The third-order valence-electron chi connectivity index (χ3n) is 10.2. The largest absolute Gasteiger partial charge is 0.454 e. The van der Waals surface area contributed by atoms with Gasteiger partial charge < -0.3 is 4.42 Å². The van der Waals surface area contributed by atoms with Crippen molar-refractivity contribution in [3.05, 3.63) is 133 Å². The number of aromatic nitrogens is 4. The van der Waals surface area contributed by atoms with Gasteiger partial charge >= 0.3 is 0 Å². The van der Waals surface area contributed by atoms with Crippen molar-refractivity contribution in [1.29, 1.82) is 0 Å². The first-order valence-corrected chi connectivity index (χ1v) is 15.9. The van der Waals surface area contributed by atoms with Crippen molar-refractivity contribution in [1.82, 2.24) is 18.9 Å². The summed E-state index contributed by atoms with van der Waals surface area (Å²) in [5, 5.41) is 6.72. The molecule has 0 amide bonds. The Bertz CT molecular complexity index is 3190. The summed E-state index contributed by atoms with van der Waals surface area (Å²) in [4.78, 5) is 10.8. The van der Waals surface area contributed by atoms with Gasteiger partial charge in [0.2, 0.25) is 0 Å². The Hall–Kier alpha value is -6.46. The van der Waals surface area contributed by atoms with Gasteiger partial charge in [-0.25, -0.2) is 9.97 Å². The molecule has 0 N–H and O–H groups in total. The lowest BCUT2D eigenvalue weighted by molar-refractivity contribution is 0.672. The predicted molar refractivity (Wildman–Crippen MR) is 192 cm³/mol. The molecule has 5 nitrogen and oxygen atoms in total. The van der Waals surface area contributed by atoms with E-state index in [1.165, 1.54) is 27.6 Å². The van der Waals surface area contributed by atoms with Gasteiger partial charge in [0.1, 0.15) is 22.6 Å². The molecule has 1 aliphatic rings. The average molecular weight is 599 g/mol. The van der Waals surface area contributed by atoms with E-state index in [1.807, 2.05) is 12.1 Å². The monoisotopic (exact) mass is 598 g/mol. The van der Waals surface area contributed by atoms with Crippen LogP contribution in [0.4, 0.5) is 0 Å². The molecule has 5 heterocycles. The summed E-state index contributed by atoms with van der Waals surface area (Å²) >= 11 is 0. The first kappa shape index (κ1) is 23.9. The molecule has 0 spiro atoms. The number of imidazole rings is 1. The number of para-hydroxylation sites is 2. The van der Waals surface area contributed by atoms with Gasteiger partial charge in [0.05, 0.1) is 27.6 Å². The first-order chi connectivity index (χ1) is 23.3. The fourth-order valence-corrected chi connectivity index (χ4v) is 8.34. The quantitative estimate of drug-likeness (QED) is 0.189. The second-order valence-electron chi connectivity index (χ2n) is 12.5. The summed E-state index contributed by atoms with van der Waals surface area (Å²) in [6, 6.07) is 47.3. The molecule has 5 aromatic heterocycles. The zero-order chi connectivity index (χ0) is 30.4. The molecule has 11 aromatic rings. The number of hydrogen-bond donors (Lipinski definition) is 0. The molecule has 47 heavy (non-hydrogen) atoms. The van der Waals surface area contributed by atoms with Crippen molar-refractivity contribution in [2.24, 2.45) is 0 Å². The first-order valence-electron chi connectivity index (χ1n) is 15.9. The Kier molecular flexibility index (Phi) is 4.17. The maximum absolute atomic E-state index is 6.54. The fourth-order valence-electron chi connectivity index (χ4n) is 8.34. The number of nitrogens with zero attached hydrogens (tertiary/aromatic N) is 4. The molecule has 0 radical (unpaired) electrons. The van der Waals surface area contributed by atoms with E-state index in [-0.39, 0.29) is 0 Å². The molecular weight excluding hydrogens is 576 g/mol. The highest BCUT2D eigenvalue weighted by atomic mass is 16.3. The van der Waals surface area contributed by atoms with Gasteiger partial charge in [-0.05, 0) is 64.7 Å². The van der Waals surface area contributed by atoms with Crippen LogP contribution in [0, 0.1) is 0 Å². The Balaban J connectivity index is 1.25. The van der Waals surface area contributed by atoms with E-state index in [2.05, 4.69) is 130 Å². The summed E-state index contributed by atoms with van der Waals surface area (Å²) in [6.45, 7) is 0. The van der Waals surface area contributed by atoms with Crippen LogP contribution in [0.2, 0.25) is 0 Å². The van der Waals surface area contributed by atoms with Gasteiger partial charge in [0, 0.05) is 32.3 Å². The van der Waals surface area contributed by atoms with E-state index >= 15 is 0 Å². The Morgan fingerprint density at radius 2 is 1.19 bits per heavy atom. The Labute approximate surface area is 266 Å². The normalized spacial score (nSPS) is 12.7. The van der Waals surface area contributed by atoms with Crippen molar-refractivity contribution >= 4 is 82.2 Å². The van der Waals surface area contributed by atoms with Crippen LogP contribution in [0.25, 0.3) is 110 Å². The lowest BCUT2D eigenvalue weighted by Crippen LogP contribution is -1.98. The number of pyridine rings is 2. The van der Waals surface area contributed by atoms with E-state index in [0.29, 0.717) is 0 Å². The summed E-state index contributed by atoms with van der Waals surface area (Å²) in [7, 11) is 0. The van der Waals surface area contributed by atoms with Crippen LogP contribution in [0.1, 0.15) is 0 Å². The second-order valence-corrected chi connectivity index (χ2v) is 12.5. The van der Waals surface area contributed by atoms with Gasteiger partial charge in [-0.15, -0.1) is 0 Å². The highest BCUT2D eigenvalue weighted by Crippen LogP contribution is 2.48. The average Bonchev–Trinajstić information content (AvgIpc) is 3.87. The SMILES string of the molecule is c1ccc2c(c1)-c1cccc3nc(-n4c5ccccc5c5c6nc7c8ccccc8c8oc9ccccc9c8n7c6ccc54)cc-2c13. The molecular formula is C42H22N4O. The topological polar surface area (TPSA) is 48.3 Å². The lowest BCUT2D eigenvalue weighted by atomic mass is 10.1. The van der Waals surface area contributed by atoms with E-state index in [1.54, 1.807) is 0 Å². The van der Waals surface area contributed by atoms with E-state index < -0.39 is 0 Å². The van der Waals surface area contributed by atoms with E-state index in [0.717, 1.165) is 82.7 Å². The zero-order valence-electron chi connectivity index (χ0n) is 24.9. The minimum atomic E-state index is 0.875. The molecule has 216 valence electrons. The number of rotatable bonds is 1. The smallest absolute Gasteiger partial charge is 0.160 e. The number of benzene rings is 6. The van der Waals surface area contributed by atoms with Crippen molar-refractivity contribution in [3.63, 3.8) is 0 Å². The van der Waals surface area contributed by atoms with Gasteiger partial charge in [0.25, 0.3) is 0 Å². The number of furan rings is 1. The third kappa shape index (κ3) is 2.82. The van der Waals surface area contributed by atoms with Gasteiger partial charge in [-0.3, -0.25) is 8.97 Å². The molecule has 0 unspecified atom stereocenters. The number of fused-ring (bicyclic) bond motifs is 17. The van der Waals surface area contributed by atoms with Gasteiger partial charge in [-0.1, -0.05) is 91.0 Å². The maximum Gasteiger partial charge on any atom is 0.160 e. The summed E-state index contributed by atoms with van der Waals surface area (Å²) in [5.74, 6) is 0.907. The third-order valence-corrected chi connectivity index (χ3v) is 10.2. The van der Waals surface area contributed by atoms with E-state index in [4.69, 9.17) is 14.4 Å². The number of hydrogen-bond acceptors (Lipinski definition) is 3. The molecule has 0 fully saturated rings. The van der Waals surface area contributed by atoms with Crippen molar-refractivity contribution in [2.75, 3.05) is 0 Å². The molecule has 12 rings (SSSR count). The molecule has 1 aliphatic carbocycles. The zero-order valence-corrected chi connectivity index (χ0v) is 24.9. The van der Waals surface area contributed by atoms with Crippen LogP contribution in [-0.4, -0.2) is 18.9 Å². The van der Waals surface area contributed by atoms with E-state index in [9.17, 15) is 0 Å². The summed E-state index contributed by atoms with van der Waals surface area (Å²) in [6.07, 6.45) is 0. The summed E-state index contributed by atoms with van der Waals surface area (Å²) < 4.78 is 11.2. The fraction of sp³-hybridized carbons (Fsp3) is 0. The highest BCUT2D eigenvalue weighted by molar-refractivity contribution is 6.24. The molecule has 5 heteroatoms. The van der Waals surface area contributed by atoms with Crippen LogP contribution in [0.3, 0.4) is 0 Å². The van der Waals surface area contributed by atoms with Crippen LogP contribution in [0.5, 0.6) is 0 Å². The molecule has 0 aliphatic heterocycles. The molecule has 6 aromatic carbocycles. The second kappa shape index (κ2) is 8.22. The summed E-state index contributed by atoms with van der Waals surface area (Å²) in [5.41, 5.74) is 14.0. The van der Waals surface area contributed by atoms with Crippen molar-refractivity contribution < 1.29 is 4.42 Å². The standard InChI is InChI=1S/C42H22N4O/c1-2-11-24-23(10-1)25-16-9-17-31-37(25)30(24)22-36(43-31)45-32-18-7-5-14-28(32)38-33(45)20-21-34-39(38)44-42-27-13-4-3-12-26(27)41-40(46(34)42)29-15-6-8-19-35(29)47-41/h1-22H. The Morgan fingerprint density at radius 1 is 0.489 bits per heavy atom. The van der Waals surface area contributed by atoms with Crippen molar-refractivity contribution in [2.45, 2.75) is 0 Å². The predicted octanol–water partition coefficient (Wildman–Crippen LogP) is 10.8. The van der Waals surface area contributed by atoms with Crippen LogP contribution in [0.15, 0.2) is 138 Å². The molecule has 0 saturated heterocycles. The van der Waals surface area contributed by atoms with Gasteiger partial charge in [0.15, 0.2) is 5.58 Å². The maximum atomic E-state index is 6.54. The van der Waals surface area contributed by atoms with Crippen LogP contribution < -0.4 is 0 Å².